The third-order valence-corrected chi connectivity index (χ3v) is 2.46. The number of hydrogen-bond donors (Lipinski definition) is 1. The van der Waals surface area contributed by atoms with E-state index in [1.165, 1.54) is 0 Å². The molecule has 2 N–H and O–H groups in total. The molecular formula is C10H14N2O. The molecule has 3 heteroatoms. The number of benzene rings is 1. The Bertz CT molecular complexity index is 295. The summed E-state index contributed by atoms with van der Waals surface area (Å²) >= 11 is 0. The van der Waals surface area contributed by atoms with Crippen molar-refractivity contribution in [3.05, 3.63) is 24.3 Å². The number of para-hydroxylation sites is 2. The highest BCUT2D eigenvalue weighted by molar-refractivity contribution is 5.68. The Kier molecular flexibility index (Phi) is 2.10. The predicted molar refractivity (Wildman–Crippen MR) is 53.9 cm³/mol. The smallest absolute Gasteiger partial charge is 0.0920 e. The summed E-state index contributed by atoms with van der Waals surface area (Å²) in [6.07, 6.45) is 0.375. The Hall–Kier alpha value is -1.22. The second kappa shape index (κ2) is 3.26. The summed E-state index contributed by atoms with van der Waals surface area (Å²) in [6, 6.07) is 7.93. The van der Waals surface area contributed by atoms with Crippen LogP contribution < -0.4 is 10.6 Å². The lowest BCUT2D eigenvalue weighted by atomic mass is 10.1. The fourth-order valence-corrected chi connectivity index (χ4v) is 1.56. The minimum Gasteiger partial charge on any atom is -0.397 e. The van der Waals surface area contributed by atoms with Gasteiger partial charge in [-0.2, -0.15) is 0 Å². The third-order valence-electron chi connectivity index (χ3n) is 2.46. The lowest BCUT2D eigenvalue weighted by molar-refractivity contribution is 0.0788. The zero-order valence-electron chi connectivity index (χ0n) is 7.73. The summed E-state index contributed by atoms with van der Waals surface area (Å²) in [5.41, 5.74) is 7.80. The van der Waals surface area contributed by atoms with E-state index < -0.39 is 0 Å². The number of hydrogen-bond acceptors (Lipinski definition) is 3. The van der Waals surface area contributed by atoms with Gasteiger partial charge in [-0.3, -0.25) is 0 Å². The van der Waals surface area contributed by atoms with Crippen molar-refractivity contribution in [1.29, 1.82) is 0 Å². The van der Waals surface area contributed by atoms with Gasteiger partial charge in [0.2, 0.25) is 0 Å². The highest BCUT2D eigenvalue weighted by atomic mass is 16.5. The van der Waals surface area contributed by atoms with Crippen LogP contribution in [0.3, 0.4) is 0 Å². The van der Waals surface area contributed by atoms with Gasteiger partial charge in [0.15, 0.2) is 0 Å². The zero-order chi connectivity index (χ0) is 9.26. The van der Waals surface area contributed by atoms with Crippen LogP contribution >= 0.6 is 0 Å². The molecule has 0 amide bonds. The van der Waals surface area contributed by atoms with Crippen molar-refractivity contribution in [2.45, 2.75) is 6.10 Å². The van der Waals surface area contributed by atoms with Crippen LogP contribution in [0.2, 0.25) is 0 Å². The van der Waals surface area contributed by atoms with Crippen molar-refractivity contribution in [3.63, 3.8) is 0 Å². The zero-order valence-corrected chi connectivity index (χ0v) is 7.73. The molecule has 2 rings (SSSR count). The van der Waals surface area contributed by atoms with Gasteiger partial charge >= 0.3 is 0 Å². The number of nitrogen functional groups attached to an aromatic ring is 1. The third kappa shape index (κ3) is 1.47. The molecule has 1 fully saturated rings. The van der Waals surface area contributed by atoms with E-state index in [1.54, 1.807) is 7.11 Å². The first-order chi connectivity index (χ1) is 6.31. The monoisotopic (exact) mass is 178 g/mol. The Morgan fingerprint density at radius 1 is 1.38 bits per heavy atom. The Morgan fingerprint density at radius 2 is 2.08 bits per heavy atom. The van der Waals surface area contributed by atoms with Crippen molar-refractivity contribution in [2.75, 3.05) is 30.8 Å². The summed E-state index contributed by atoms with van der Waals surface area (Å²) < 4.78 is 5.20. The minimum absolute atomic E-state index is 0.375. The Balaban J connectivity index is 2.07. The second-order valence-corrected chi connectivity index (χ2v) is 3.32. The van der Waals surface area contributed by atoms with Gasteiger partial charge in [0, 0.05) is 20.2 Å². The molecule has 1 saturated heterocycles. The minimum atomic E-state index is 0.375. The number of nitrogens with zero attached hydrogens (tertiary/aromatic N) is 1. The van der Waals surface area contributed by atoms with Crippen LogP contribution in [-0.4, -0.2) is 26.3 Å². The molecule has 1 aromatic carbocycles. The molecule has 0 aromatic heterocycles. The van der Waals surface area contributed by atoms with Gasteiger partial charge in [0.05, 0.1) is 17.5 Å². The van der Waals surface area contributed by atoms with Crippen molar-refractivity contribution < 1.29 is 4.74 Å². The fourth-order valence-electron chi connectivity index (χ4n) is 1.56. The summed E-state index contributed by atoms with van der Waals surface area (Å²) in [7, 11) is 1.75. The molecular weight excluding hydrogens is 164 g/mol. The fraction of sp³-hybridized carbons (Fsp3) is 0.400. The van der Waals surface area contributed by atoms with E-state index >= 15 is 0 Å². The van der Waals surface area contributed by atoms with Crippen LogP contribution in [0.15, 0.2) is 24.3 Å². The average Bonchev–Trinajstić information content (AvgIpc) is 2.06. The second-order valence-electron chi connectivity index (χ2n) is 3.32. The van der Waals surface area contributed by atoms with Gasteiger partial charge in [-0.1, -0.05) is 12.1 Å². The van der Waals surface area contributed by atoms with Crippen LogP contribution in [-0.2, 0) is 4.74 Å². The van der Waals surface area contributed by atoms with Crippen LogP contribution in [0.1, 0.15) is 0 Å². The lowest BCUT2D eigenvalue weighted by Gasteiger charge is -2.40. The van der Waals surface area contributed by atoms with E-state index in [1.807, 2.05) is 24.3 Å². The highest BCUT2D eigenvalue weighted by Crippen LogP contribution is 2.27. The molecule has 1 heterocycles. The number of nitrogens with two attached hydrogens (primary N) is 1. The van der Waals surface area contributed by atoms with Crippen LogP contribution in [0.5, 0.6) is 0 Å². The lowest BCUT2D eigenvalue weighted by Crippen LogP contribution is -2.52. The number of rotatable bonds is 2. The van der Waals surface area contributed by atoms with Gasteiger partial charge in [0.1, 0.15) is 0 Å². The normalized spacial score (nSPS) is 17.2. The maximum Gasteiger partial charge on any atom is 0.0920 e. The summed E-state index contributed by atoms with van der Waals surface area (Å²) in [6.45, 7) is 1.90. The van der Waals surface area contributed by atoms with Crippen molar-refractivity contribution in [2.24, 2.45) is 0 Å². The first-order valence-corrected chi connectivity index (χ1v) is 4.43. The topological polar surface area (TPSA) is 38.5 Å². The Morgan fingerprint density at radius 3 is 2.69 bits per heavy atom. The maximum absolute atomic E-state index is 5.84. The van der Waals surface area contributed by atoms with Gasteiger partial charge in [-0.25, -0.2) is 0 Å². The van der Waals surface area contributed by atoms with E-state index in [-0.39, 0.29) is 0 Å². The van der Waals surface area contributed by atoms with Crippen molar-refractivity contribution in [1.82, 2.24) is 0 Å². The molecule has 0 spiro atoms. The van der Waals surface area contributed by atoms with Gasteiger partial charge in [0.25, 0.3) is 0 Å². The van der Waals surface area contributed by atoms with E-state index in [0.29, 0.717) is 6.10 Å². The van der Waals surface area contributed by atoms with Gasteiger partial charge in [-0.15, -0.1) is 0 Å². The van der Waals surface area contributed by atoms with Crippen LogP contribution in [0, 0.1) is 0 Å². The van der Waals surface area contributed by atoms with Crippen molar-refractivity contribution in [3.8, 4) is 0 Å². The van der Waals surface area contributed by atoms with Crippen molar-refractivity contribution >= 4 is 11.4 Å². The molecule has 70 valence electrons. The number of ether oxygens (including phenoxy) is 1. The molecule has 0 saturated carbocycles. The molecule has 1 aliphatic heterocycles. The SMILES string of the molecule is COC1CN(c2ccccc2N)C1. The molecule has 0 radical (unpaired) electrons. The van der Waals surface area contributed by atoms with E-state index in [4.69, 9.17) is 10.5 Å². The predicted octanol–water partition coefficient (Wildman–Crippen LogP) is 1.10. The molecule has 0 unspecified atom stereocenters. The molecule has 0 aliphatic carbocycles. The maximum atomic E-state index is 5.84. The van der Waals surface area contributed by atoms with Crippen LogP contribution in [0.4, 0.5) is 11.4 Å². The number of methoxy groups -OCH3 is 1. The summed E-state index contributed by atoms with van der Waals surface area (Å²) in [5.74, 6) is 0. The van der Waals surface area contributed by atoms with E-state index in [9.17, 15) is 0 Å². The Labute approximate surface area is 78.1 Å². The standard InChI is InChI=1S/C10H14N2O/c1-13-8-6-12(7-8)10-5-3-2-4-9(10)11/h2-5,8H,6-7,11H2,1H3. The van der Waals surface area contributed by atoms with Crippen LogP contribution in [0.25, 0.3) is 0 Å². The average molecular weight is 178 g/mol. The summed E-state index contributed by atoms with van der Waals surface area (Å²) in [4.78, 5) is 2.23. The largest absolute Gasteiger partial charge is 0.397 e. The van der Waals surface area contributed by atoms with Gasteiger partial charge < -0.3 is 15.4 Å². The molecule has 3 nitrogen and oxygen atoms in total. The molecule has 1 aromatic rings. The molecule has 13 heavy (non-hydrogen) atoms. The van der Waals surface area contributed by atoms with E-state index in [0.717, 1.165) is 24.5 Å². The first kappa shape index (κ1) is 8.38. The molecule has 1 aliphatic rings. The number of anilines is 2. The molecule has 0 atom stereocenters. The highest BCUT2D eigenvalue weighted by Gasteiger charge is 2.27. The summed E-state index contributed by atoms with van der Waals surface area (Å²) in [5, 5.41) is 0. The molecule has 0 bridgehead atoms. The van der Waals surface area contributed by atoms with E-state index in [2.05, 4.69) is 4.90 Å². The first-order valence-electron chi connectivity index (χ1n) is 4.43. The quantitative estimate of drug-likeness (QED) is 0.689. The van der Waals surface area contributed by atoms with Gasteiger partial charge in [-0.05, 0) is 12.1 Å².